The van der Waals surface area contributed by atoms with E-state index in [2.05, 4.69) is 20.6 Å². The van der Waals surface area contributed by atoms with E-state index < -0.39 is 0 Å². The number of nitrogens with one attached hydrogen (secondary N) is 2. The summed E-state index contributed by atoms with van der Waals surface area (Å²) in [5.74, 6) is 1.13. The zero-order valence-electron chi connectivity index (χ0n) is 13.6. The fourth-order valence-corrected chi connectivity index (χ4v) is 2.94. The molecule has 5 nitrogen and oxygen atoms in total. The van der Waals surface area contributed by atoms with Gasteiger partial charge in [0.2, 0.25) is 0 Å². The van der Waals surface area contributed by atoms with Crippen LogP contribution in [-0.2, 0) is 0 Å². The Morgan fingerprint density at radius 3 is 2.61 bits per heavy atom. The Balaban J connectivity index is 1.77. The van der Waals surface area contributed by atoms with E-state index in [0.717, 1.165) is 29.9 Å². The van der Waals surface area contributed by atoms with Gasteiger partial charge < -0.3 is 10.6 Å². The van der Waals surface area contributed by atoms with Gasteiger partial charge in [0, 0.05) is 17.8 Å². The van der Waals surface area contributed by atoms with Crippen LogP contribution in [-0.4, -0.2) is 21.9 Å². The first-order chi connectivity index (χ1) is 11.1. The topological polar surface area (TPSA) is 66.9 Å². The molecule has 0 aliphatic heterocycles. The lowest BCUT2D eigenvalue weighted by atomic mass is 10.2. The summed E-state index contributed by atoms with van der Waals surface area (Å²) in [5, 5.41) is 6.34. The zero-order valence-corrected chi connectivity index (χ0v) is 13.6. The largest absolute Gasteiger partial charge is 0.367 e. The molecular weight excluding hydrogens is 288 g/mol. The van der Waals surface area contributed by atoms with Crippen molar-refractivity contribution in [3.8, 4) is 0 Å². The number of aromatic nitrogens is 2. The summed E-state index contributed by atoms with van der Waals surface area (Å²) in [5.41, 5.74) is 2.22. The molecule has 0 radical (unpaired) electrons. The van der Waals surface area contributed by atoms with E-state index >= 15 is 0 Å². The molecule has 1 aliphatic carbocycles. The van der Waals surface area contributed by atoms with Gasteiger partial charge in [-0.2, -0.15) is 0 Å². The van der Waals surface area contributed by atoms with Gasteiger partial charge in [-0.1, -0.05) is 31.0 Å². The van der Waals surface area contributed by atoms with Crippen LogP contribution in [0.15, 0.2) is 30.3 Å². The summed E-state index contributed by atoms with van der Waals surface area (Å²) in [6, 6.07) is 9.90. The first-order valence-corrected chi connectivity index (χ1v) is 8.11. The van der Waals surface area contributed by atoms with Gasteiger partial charge >= 0.3 is 0 Å². The van der Waals surface area contributed by atoms with Crippen molar-refractivity contribution < 1.29 is 4.79 Å². The Bertz CT molecular complexity index is 708. The average Bonchev–Trinajstić information content (AvgIpc) is 3.02. The molecule has 120 valence electrons. The Hall–Kier alpha value is -2.43. The standard InChI is InChI=1S/C18H22N4O/c1-12-7-3-6-10-15(12)22-18(23)16-11-17(20-13(2)19-16)21-14-8-4-5-9-14/h3,6-7,10-11,14H,4-5,8-9H2,1-2H3,(H,22,23)(H,19,20,21). The molecule has 1 fully saturated rings. The van der Waals surface area contributed by atoms with Gasteiger partial charge in [0.25, 0.3) is 5.91 Å². The molecule has 0 saturated heterocycles. The second kappa shape index (κ2) is 6.77. The number of hydrogen-bond acceptors (Lipinski definition) is 4. The first kappa shape index (κ1) is 15.5. The van der Waals surface area contributed by atoms with E-state index in [1.165, 1.54) is 12.8 Å². The Morgan fingerprint density at radius 1 is 1.13 bits per heavy atom. The van der Waals surface area contributed by atoms with Crippen molar-refractivity contribution in [2.75, 3.05) is 10.6 Å². The summed E-state index contributed by atoms with van der Waals surface area (Å²) >= 11 is 0. The molecule has 1 aromatic heterocycles. The lowest BCUT2D eigenvalue weighted by Crippen LogP contribution is -2.19. The van der Waals surface area contributed by atoms with Crippen LogP contribution in [0.25, 0.3) is 0 Å². The molecule has 0 atom stereocenters. The van der Waals surface area contributed by atoms with E-state index in [4.69, 9.17) is 0 Å². The van der Waals surface area contributed by atoms with Gasteiger partial charge in [-0.15, -0.1) is 0 Å². The molecule has 5 heteroatoms. The van der Waals surface area contributed by atoms with Crippen LogP contribution >= 0.6 is 0 Å². The minimum absolute atomic E-state index is 0.209. The molecule has 1 saturated carbocycles. The number of rotatable bonds is 4. The van der Waals surface area contributed by atoms with Crippen molar-refractivity contribution in [2.24, 2.45) is 0 Å². The highest BCUT2D eigenvalue weighted by Crippen LogP contribution is 2.22. The third kappa shape index (κ3) is 3.86. The fourth-order valence-electron chi connectivity index (χ4n) is 2.94. The number of aryl methyl sites for hydroxylation is 2. The monoisotopic (exact) mass is 310 g/mol. The minimum Gasteiger partial charge on any atom is -0.367 e. The maximum absolute atomic E-state index is 12.5. The average molecular weight is 310 g/mol. The third-order valence-corrected chi connectivity index (χ3v) is 4.17. The number of hydrogen-bond donors (Lipinski definition) is 2. The van der Waals surface area contributed by atoms with Crippen LogP contribution in [0.2, 0.25) is 0 Å². The van der Waals surface area contributed by atoms with Crippen LogP contribution < -0.4 is 10.6 Å². The highest BCUT2D eigenvalue weighted by Gasteiger charge is 2.17. The second-order valence-corrected chi connectivity index (χ2v) is 6.08. The smallest absolute Gasteiger partial charge is 0.274 e. The quantitative estimate of drug-likeness (QED) is 0.903. The third-order valence-electron chi connectivity index (χ3n) is 4.17. The van der Waals surface area contributed by atoms with Crippen LogP contribution in [0.5, 0.6) is 0 Å². The summed E-state index contributed by atoms with van der Waals surface area (Å²) in [7, 11) is 0. The van der Waals surface area contributed by atoms with Gasteiger partial charge in [-0.3, -0.25) is 4.79 Å². The summed E-state index contributed by atoms with van der Waals surface area (Å²) in [6.07, 6.45) is 4.83. The van der Waals surface area contributed by atoms with Crippen molar-refractivity contribution in [1.29, 1.82) is 0 Å². The van der Waals surface area contributed by atoms with E-state index in [-0.39, 0.29) is 5.91 Å². The lowest BCUT2D eigenvalue weighted by molar-refractivity contribution is 0.102. The minimum atomic E-state index is -0.209. The summed E-state index contributed by atoms with van der Waals surface area (Å²) in [4.78, 5) is 21.2. The maximum atomic E-state index is 12.5. The van der Waals surface area contributed by atoms with Crippen LogP contribution in [0.4, 0.5) is 11.5 Å². The number of amides is 1. The summed E-state index contributed by atoms with van der Waals surface area (Å²) in [6.45, 7) is 3.78. The SMILES string of the molecule is Cc1nc(NC2CCCC2)cc(C(=O)Nc2ccccc2C)n1. The second-order valence-electron chi connectivity index (χ2n) is 6.08. The Labute approximate surface area is 136 Å². The van der Waals surface area contributed by atoms with Gasteiger partial charge in [0.05, 0.1) is 0 Å². The number of para-hydroxylation sites is 1. The van der Waals surface area contributed by atoms with E-state index in [9.17, 15) is 4.79 Å². The zero-order chi connectivity index (χ0) is 16.2. The molecule has 1 aromatic carbocycles. The first-order valence-electron chi connectivity index (χ1n) is 8.11. The van der Waals surface area contributed by atoms with Crippen LogP contribution in [0.1, 0.15) is 47.6 Å². The molecule has 23 heavy (non-hydrogen) atoms. The molecule has 0 spiro atoms. The van der Waals surface area contributed by atoms with Crippen LogP contribution in [0.3, 0.4) is 0 Å². The fraction of sp³-hybridized carbons (Fsp3) is 0.389. The predicted octanol–water partition coefficient (Wildman–Crippen LogP) is 3.70. The number of carbonyl (C=O) groups excluding carboxylic acids is 1. The summed E-state index contributed by atoms with van der Waals surface area (Å²) < 4.78 is 0. The van der Waals surface area contributed by atoms with Crippen LogP contribution in [0, 0.1) is 13.8 Å². The highest BCUT2D eigenvalue weighted by atomic mass is 16.1. The highest BCUT2D eigenvalue weighted by molar-refractivity contribution is 6.03. The molecule has 1 heterocycles. The normalized spacial score (nSPS) is 14.7. The van der Waals surface area contributed by atoms with E-state index in [0.29, 0.717) is 17.6 Å². The number of nitrogens with zero attached hydrogens (tertiary/aromatic N) is 2. The Morgan fingerprint density at radius 2 is 1.87 bits per heavy atom. The van der Waals surface area contributed by atoms with Gasteiger partial charge in [-0.25, -0.2) is 9.97 Å². The number of benzene rings is 1. The van der Waals surface area contributed by atoms with Crippen molar-refractivity contribution in [3.63, 3.8) is 0 Å². The van der Waals surface area contributed by atoms with Crippen molar-refractivity contribution >= 4 is 17.4 Å². The molecule has 3 rings (SSSR count). The maximum Gasteiger partial charge on any atom is 0.274 e. The van der Waals surface area contributed by atoms with Gasteiger partial charge in [-0.05, 0) is 38.3 Å². The Kier molecular flexibility index (Phi) is 4.55. The molecule has 2 N–H and O–H groups in total. The number of carbonyl (C=O) groups is 1. The molecule has 0 bridgehead atoms. The number of anilines is 2. The predicted molar refractivity (Wildman–Crippen MR) is 91.8 cm³/mol. The van der Waals surface area contributed by atoms with E-state index in [1.54, 1.807) is 6.07 Å². The van der Waals surface area contributed by atoms with Gasteiger partial charge in [0.15, 0.2) is 0 Å². The van der Waals surface area contributed by atoms with Crippen molar-refractivity contribution in [2.45, 2.75) is 45.6 Å². The molecule has 1 aliphatic rings. The molecule has 2 aromatic rings. The lowest BCUT2D eigenvalue weighted by Gasteiger charge is -2.14. The van der Waals surface area contributed by atoms with Crippen molar-refractivity contribution in [3.05, 3.63) is 47.4 Å². The molecule has 1 amide bonds. The van der Waals surface area contributed by atoms with Crippen molar-refractivity contribution in [1.82, 2.24) is 9.97 Å². The van der Waals surface area contributed by atoms with Gasteiger partial charge in [0.1, 0.15) is 17.3 Å². The molecular formula is C18H22N4O. The van der Waals surface area contributed by atoms with E-state index in [1.807, 2.05) is 38.1 Å². The molecule has 0 unspecified atom stereocenters.